The molecule has 26 heteroatoms. The molecule has 104 heavy (non-hydrogen) atoms. The minimum Gasteiger partial charge on any atom is -0.445 e. The Morgan fingerprint density at radius 3 is 1.19 bits per heavy atom. The van der Waals surface area contributed by atoms with Gasteiger partial charge in [0.25, 0.3) is 11.8 Å². The summed E-state index contributed by atoms with van der Waals surface area (Å²) in [4.78, 5) is 41.2. The van der Waals surface area contributed by atoms with E-state index in [4.69, 9.17) is 4.74 Å². The molecule has 6 bridgehead atoms. The van der Waals surface area contributed by atoms with E-state index in [0.717, 1.165) is 67.2 Å². The number of benzene rings is 5. The van der Waals surface area contributed by atoms with Crippen molar-refractivity contribution in [3.63, 3.8) is 0 Å². The first-order valence-electron chi connectivity index (χ1n) is 36.1. The summed E-state index contributed by atoms with van der Waals surface area (Å²) in [5.74, 6) is -9.89. The lowest BCUT2D eigenvalue weighted by Crippen LogP contribution is -2.50. The van der Waals surface area contributed by atoms with Crippen LogP contribution in [0.25, 0.3) is 0 Å². The maximum absolute atomic E-state index is 14.6. The number of nitrogens with one attached hydrogen (secondary N) is 1. The summed E-state index contributed by atoms with van der Waals surface area (Å²) in [5, 5.41) is 3.59. The fourth-order valence-corrected chi connectivity index (χ4v) is 22.1. The van der Waals surface area contributed by atoms with E-state index in [1.54, 1.807) is 24.3 Å². The summed E-state index contributed by atoms with van der Waals surface area (Å²) in [7, 11) is -7.41. The van der Waals surface area contributed by atoms with Crippen molar-refractivity contribution in [2.75, 3.05) is 29.6 Å². The van der Waals surface area contributed by atoms with Crippen LogP contribution >= 0.6 is 0 Å². The molecule has 0 saturated carbocycles. The average Bonchev–Trinajstić information content (AvgIpc) is 1.58. The van der Waals surface area contributed by atoms with E-state index < -0.39 is 122 Å². The SMILES string of the molecule is CC(C)(C)[S@](=O)C[C@@H](Cc1cc(F)c(F)cc1F)C1C[C@H]2CC[C@@H](C1)N2.CC(C)(C)[S@](=O)C[C@@H](Cc1cc(F)c(F)cc1F)C1C[C@H]2CC[C@@H](C1)N2C(=O)OCc1ccccc1.CC(C)(C)[S@](=O)C[C@@H](Cc1cc(F)c(F)cc1F)C1C[C@H]2CC[C@@H](C1)N2S(=O)(=O)CCN1C(=O)c2ccccc2C1=O. The lowest BCUT2D eigenvalue weighted by atomic mass is 9.79. The monoisotopic (exact) mass is 1530 g/mol. The largest absolute Gasteiger partial charge is 0.445 e. The highest BCUT2D eigenvalue weighted by atomic mass is 32.2. The second-order valence-electron chi connectivity index (χ2n) is 32.3. The standard InChI is InChI=1S/C30H35F3N2O5S2.C28H34F3NO3S.C20H28F3NOS/c1-30(2,3)41(38)17-20(12-19-15-26(32)27(33)16-25(19)31)18-13-21-8-9-22(14-18)35(21)42(39,40)11-10-34-28(36)23-6-4-5-7-24(23)29(34)37;1-28(2,3)36(34)17-21(11-20-14-25(30)26(31)15-24(20)29)19-12-22-9-10-23(13-19)32(22)27(33)35-16-18-7-5-4-6-8-18;1-20(2,3)26(25)11-14(12-7-15-4-5-16(8-12)24-15)6-13-9-18(22)19(23)10-17(13)21/h4-7,15-16,18,20-22H,8-14,17H2,1-3H3;4-8,14-15,19,21-23H,9-13,16-17H2,1-3H3;9-10,12,14-16,24H,4-8,11H2,1-3H3/t18?,20-,21-,22+,41-;19?,21-,22-,23+,36-;12?,14-,15-,16+,26-/m111/s1. The van der Waals surface area contributed by atoms with E-state index in [9.17, 15) is 74.9 Å². The number of hydrogen-bond acceptors (Lipinski definition) is 10. The summed E-state index contributed by atoms with van der Waals surface area (Å²) in [6.45, 7) is 17.0. The zero-order valence-electron chi connectivity index (χ0n) is 60.5. The molecule has 15 atom stereocenters. The lowest BCUT2D eigenvalue weighted by Gasteiger charge is -2.41. The number of piperidine rings is 3. The van der Waals surface area contributed by atoms with Gasteiger partial charge >= 0.3 is 6.09 Å². The van der Waals surface area contributed by atoms with Gasteiger partial charge in [-0.15, -0.1) is 0 Å². The smallest absolute Gasteiger partial charge is 0.410 e. The normalized spacial score (nSPS) is 24.9. The Hall–Kier alpha value is -5.80. The number of sulfonamides is 1. The molecule has 0 radical (unpaired) electrons. The average molecular weight is 1530 g/mol. The van der Waals surface area contributed by atoms with E-state index in [1.807, 2.05) is 97.5 Å². The van der Waals surface area contributed by atoms with Crippen LogP contribution in [0.3, 0.4) is 0 Å². The van der Waals surface area contributed by atoms with E-state index in [2.05, 4.69) is 5.32 Å². The van der Waals surface area contributed by atoms with Crippen molar-refractivity contribution in [1.29, 1.82) is 0 Å². The number of imide groups is 1. The maximum atomic E-state index is 14.6. The number of nitrogens with zero attached hydrogens (tertiary/aromatic N) is 3. The third-order valence-electron chi connectivity index (χ3n) is 22.0. The number of amides is 3. The van der Waals surface area contributed by atoms with Crippen LogP contribution in [0.1, 0.15) is 182 Å². The van der Waals surface area contributed by atoms with Crippen molar-refractivity contribution in [2.24, 2.45) is 35.5 Å². The molecule has 3 amide bonds. The summed E-state index contributed by atoms with van der Waals surface area (Å²) < 4.78 is 197. The summed E-state index contributed by atoms with van der Waals surface area (Å²) in [6.07, 6.45) is 9.72. The van der Waals surface area contributed by atoms with Crippen LogP contribution in [-0.2, 0) is 73.0 Å². The van der Waals surface area contributed by atoms with E-state index in [-0.39, 0.29) is 124 Å². The number of fused-ring (bicyclic) bond motifs is 7. The van der Waals surface area contributed by atoms with Gasteiger partial charge in [-0.1, -0.05) is 42.5 Å². The van der Waals surface area contributed by atoms with E-state index in [0.29, 0.717) is 92.7 Å². The van der Waals surface area contributed by atoms with Crippen LogP contribution in [0, 0.1) is 87.9 Å². The molecule has 0 aromatic heterocycles. The van der Waals surface area contributed by atoms with Crippen molar-refractivity contribution in [3.8, 4) is 0 Å². The second-order valence-corrected chi connectivity index (χ2v) is 41.1. The van der Waals surface area contributed by atoms with Crippen LogP contribution in [0.4, 0.5) is 44.3 Å². The number of carbonyl (C=O) groups is 3. The zero-order chi connectivity index (χ0) is 75.7. The zero-order valence-corrected chi connectivity index (χ0v) is 63.8. The Labute approximate surface area is 613 Å². The third-order valence-corrected chi connectivity index (χ3v) is 30.3. The Bertz CT molecular complexity index is 4060. The predicted octanol–water partition coefficient (Wildman–Crippen LogP) is 15.4. The maximum Gasteiger partial charge on any atom is 0.410 e. The minimum atomic E-state index is -3.84. The lowest BCUT2D eigenvalue weighted by molar-refractivity contribution is 0.0450. The van der Waals surface area contributed by atoms with Crippen molar-refractivity contribution in [1.82, 2.24) is 19.4 Å². The molecule has 12 rings (SSSR count). The van der Waals surface area contributed by atoms with E-state index in [1.165, 1.54) is 4.31 Å². The number of hydrogen-bond donors (Lipinski definition) is 1. The molecule has 1 N–H and O–H groups in total. The highest BCUT2D eigenvalue weighted by Gasteiger charge is 2.50. The van der Waals surface area contributed by atoms with Crippen LogP contribution in [0.2, 0.25) is 0 Å². The summed E-state index contributed by atoms with van der Waals surface area (Å²) >= 11 is 0. The Balaban J connectivity index is 0.000000172. The first kappa shape index (κ1) is 80.7. The molecular formula is C78H97F9N4O9S4. The van der Waals surface area contributed by atoms with Gasteiger partial charge < -0.3 is 15.0 Å². The Kier molecular flexibility index (Phi) is 25.9. The number of rotatable bonds is 21. The fourth-order valence-electron chi connectivity index (χ4n) is 16.4. The highest BCUT2D eigenvalue weighted by molar-refractivity contribution is 7.89. The summed E-state index contributed by atoms with van der Waals surface area (Å²) in [5.41, 5.74) is 1.74. The Morgan fingerprint density at radius 2 is 0.817 bits per heavy atom. The molecular weight excluding hydrogens is 1440 g/mol. The van der Waals surface area contributed by atoms with Gasteiger partial charge in [-0.25, -0.2) is 52.7 Å². The molecule has 570 valence electrons. The van der Waals surface area contributed by atoms with Gasteiger partial charge in [-0.05, 0) is 247 Å². The topological polar surface area (TPSA) is 168 Å². The second kappa shape index (κ2) is 33.4. The molecule has 6 saturated heterocycles. The molecule has 13 nitrogen and oxygen atoms in total. The van der Waals surface area contributed by atoms with Gasteiger partial charge in [-0.2, -0.15) is 4.31 Å². The predicted molar refractivity (Wildman–Crippen MR) is 386 cm³/mol. The third kappa shape index (κ3) is 19.5. The first-order chi connectivity index (χ1) is 48.8. The Morgan fingerprint density at radius 1 is 0.481 bits per heavy atom. The van der Waals surface area contributed by atoms with Gasteiger partial charge in [0, 0.05) is 125 Å². The minimum absolute atomic E-state index is 0.000352. The van der Waals surface area contributed by atoms with Crippen LogP contribution in [-0.4, -0.2) is 133 Å². The molecule has 0 spiro atoms. The molecule has 5 aromatic carbocycles. The van der Waals surface area contributed by atoms with Crippen LogP contribution in [0.5, 0.6) is 0 Å². The van der Waals surface area contributed by atoms with Gasteiger partial charge in [-0.3, -0.25) is 27.1 Å². The highest BCUT2D eigenvalue weighted by Crippen LogP contribution is 2.47. The van der Waals surface area contributed by atoms with E-state index >= 15 is 0 Å². The van der Waals surface area contributed by atoms with Crippen molar-refractivity contribution >= 4 is 60.3 Å². The molecule has 5 aromatic rings. The molecule has 7 heterocycles. The quantitative estimate of drug-likeness (QED) is 0.0424. The van der Waals surface area contributed by atoms with Crippen LogP contribution < -0.4 is 5.32 Å². The molecule has 0 aliphatic carbocycles. The van der Waals surface area contributed by atoms with Gasteiger partial charge in [0.1, 0.15) is 24.1 Å². The van der Waals surface area contributed by atoms with Gasteiger partial charge in [0.05, 0.1) is 16.9 Å². The molecule has 7 aliphatic rings. The van der Waals surface area contributed by atoms with Crippen molar-refractivity contribution in [2.45, 2.75) is 216 Å². The first-order valence-corrected chi connectivity index (χ1v) is 41.7. The van der Waals surface area contributed by atoms with Crippen LogP contribution in [0.15, 0.2) is 91.0 Å². The molecule has 6 fully saturated rings. The number of carbonyl (C=O) groups excluding carboxylic acids is 3. The van der Waals surface area contributed by atoms with Crippen molar-refractivity contribution < 1.29 is 79.7 Å². The fraction of sp³-hybridized carbons (Fsp3) is 0.577. The number of ether oxygens (including phenoxy) is 1. The molecule has 7 aliphatic heterocycles. The number of halogens is 9. The van der Waals surface area contributed by atoms with Crippen molar-refractivity contribution in [3.05, 3.63) is 177 Å². The van der Waals surface area contributed by atoms with Gasteiger partial charge in [0.15, 0.2) is 34.9 Å². The summed E-state index contributed by atoms with van der Waals surface area (Å²) in [6, 6.07) is 20.6. The van der Waals surface area contributed by atoms with Gasteiger partial charge in [0.2, 0.25) is 10.0 Å². The molecule has 3 unspecified atom stereocenters.